The van der Waals surface area contributed by atoms with Crippen molar-refractivity contribution in [3.63, 3.8) is 0 Å². The maximum Gasteiger partial charge on any atom is 0.178 e. The van der Waals surface area contributed by atoms with E-state index in [0.29, 0.717) is 9.79 Å². The standard InChI is InChI=1S/C11H13ClN2O2S2/c1-7(6-18(2,15)16)14-10-5-8(12)3-4-9(10)13-11(14)17/h3-5,7H,6H2,1-2H3,(H,13,17). The molecule has 1 N–H and O–H groups in total. The fourth-order valence-corrected chi connectivity index (χ4v) is 3.62. The van der Waals surface area contributed by atoms with Crippen LogP contribution in [0, 0.1) is 4.77 Å². The Morgan fingerprint density at radius 3 is 2.78 bits per heavy atom. The number of nitrogens with zero attached hydrogens (tertiary/aromatic N) is 1. The normalized spacial score (nSPS) is 13.9. The number of benzene rings is 1. The molecule has 1 unspecified atom stereocenters. The number of rotatable bonds is 3. The van der Waals surface area contributed by atoms with Crippen molar-refractivity contribution in [2.75, 3.05) is 12.0 Å². The Morgan fingerprint density at radius 1 is 1.50 bits per heavy atom. The molecule has 4 nitrogen and oxygen atoms in total. The highest BCUT2D eigenvalue weighted by atomic mass is 35.5. The summed E-state index contributed by atoms with van der Waals surface area (Å²) in [6, 6.07) is 5.14. The van der Waals surface area contributed by atoms with Crippen molar-refractivity contribution >= 4 is 44.7 Å². The van der Waals surface area contributed by atoms with Crippen LogP contribution in [0.15, 0.2) is 18.2 Å². The smallest absolute Gasteiger partial charge is 0.178 e. The molecule has 2 rings (SSSR count). The summed E-state index contributed by atoms with van der Waals surface area (Å²) in [4.78, 5) is 3.05. The van der Waals surface area contributed by atoms with Crippen molar-refractivity contribution in [1.29, 1.82) is 0 Å². The third-order valence-corrected chi connectivity index (χ3v) is 4.29. The summed E-state index contributed by atoms with van der Waals surface area (Å²) in [7, 11) is -3.06. The lowest BCUT2D eigenvalue weighted by atomic mass is 10.3. The minimum atomic E-state index is -3.06. The molecule has 0 radical (unpaired) electrons. The number of aromatic amines is 1. The summed E-state index contributed by atoms with van der Waals surface area (Å²) >= 11 is 11.2. The van der Waals surface area contributed by atoms with Gasteiger partial charge in [0.15, 0.2) is 4.77 Å². The Hall–Kier alpha value is -0.850. The van der Waals surface area contributed by atoms with E-state index in [9.17, 15) is 8.42 Å². The predicted octanol–water partition coefficient (Wildman–Crippen LogP) is 2.96. The van der Waals surface area contributed by atoms with Crippen molar-refractivity contribution in [3.05, 3.63) is 28.0 Å². The maximum atomic E-state index is 11.4. The van der Waals surface area contributed by atoms with Crippen molar-refractivity contribution in [1.82, 2.24) is 9.55 Å². The molecular formula is C11H13ClN2O2S2. The van der Waals surface area contributed by atoms with Gasteiger partial charge in [-0.25, -0.2) is 8.42 Å². The van der Waals surface area contributed by atoms with Crippen molar-refractivity contribution < 1.29 is 8.42 Å². The molecule has 7 heteroatoms. The molecule has 0 amide bonds. The van der Waals surface area contributed by atoms with Crippen LogP contribution in [0.5, 0.6) is 0 Å². The number of hydrogen-bond donors (Lipinski definition) is 1. The van der Waals surface area contributed by atoms with Crippen molar-refractivity contribution in [2.24, 2.45) is 0 Å². The lowest BCUT2D eigenvalue weighted by Gasteiger charge is -2.13. The zero-order chi connectivity index (χ0) is 13.5. The van der Waals surface area contributed by atoms with Crippen LogP contribution in [0.25, 0.3) is 11.0 Å². The van der Waals surface area contributed by atoms with Gasteiger partial charge in [0, 0.05) is 17.3 Å². The van der Waals surface area contributed by atoms with E-state index < -0.39 is 9.84 Å². The van der Waals surface area contributed by atoms with Crippen molar-refractivity contribution in [2.45, 2.75) is 13.0 Å². The number of aromatic nitrogens is 2. The summed E-state index contributed by atoms with van der Waals surface area (Å²) in [6.07, 6.45) is 1.22. The van der Waals surface area contributed by atoms with Gasteiger partial charge in [0.05, 0.1) is 16.8 Å². The van der Waals surface area contributed by atoms with E-state index in [0.717, 1.165) is 11.0 Å². The minimum absolute atomic E-state index is 0.0424. The highest BCUT2D eigenvalue weighted by Gasteiger charge is 2.16. The van der Waals surface area contributed by atoms with E-state index >= 15 is 0 Å². The van der Waals surface area contributed by atoms with Gasteiger partial charge in [0.2, 0.25) is 0 Å². The van der Waals surface area contributed by atoms with Gasteiger partial charge < -0.3 is 9.55 Å². The van der Waals surface area contributed by atoms with E-state index in [1.807, 2.05) is 13.0 Å². The molecule has 0 spiro atoms. The first kappa shape index (κ1) is 13.6. The molecule has 1 aromatic carbocycles. The Morgan fingerprint density at radius 2 is 2.17 bits per heavy atom. The Kier molecular flexibility index (Phi) is 3.53. The molecule has 1 heterocycles. The zero-order valence-corrected chi connectivity index (χ0v) is 12.4. The van der Waals surface area contributed by atoms with Gasteiger partial charge in [-0.2, -0.15) is 0 Å². The molecule has 2 aromatic rings. The van der Waals surface area contributed by atoms with Gasteiger partial charge >= 0.3 is 0 Å². The first-order chi connectivity index (χ1) is 8.28. The van der Waals surface area contributed by atoms with Gasteiger partial charge in [-0.05, 0) is 37.3 Å². The second kappa shape index (κ2) is 4.68. The van der Waals surface area contributed by atoms with Gasteiger partial charge in [0.25, 0.3) is 0 Å². The predicted molar refractivity (Wildman–Crippen MR) is 76.6 cm³/mol. The largest absolute Gasteiger partial charge is 0.331 e. The second-order valence-electron chi connectivity index (χ2n) is 4.40. The summed E-state index contributed by atoms with van der Waals surface area (Å²) in [5.74, 6) is 0.0424. The molecule has 0 aliphatic carbocycles. The summed E-state index contributed by atoms with van der Waals surface area (Å²) in [5, 5.41) is 0.594. The third-order valence-electron chi connectivity index (χ3n) is 2.66. The second-order valence-corrected chi connectivity index (χ2v) is 7.41. The van der Waals surface area contributed by atoms with Crippen LogP contribution in [-0.2, 0) is 9.84 Å². The van der Waals surface area contributed by atoms with Gasteiger partial charge in [0.1, 0.15) is 9.84 Å². The molecule has 0 aliphatic rings. The van der Waals surface area contributed by atoms with Crippen LogP contribution < -0.4 is 0 Å². The summed E-state index contributed by atoms with van der Waals surface area (Å²) in [5.41, 5.74) is 1.67. The Bertz CT molecular complexity index is 746. The lowest BCUT2D eigenvalue weighted by molar-refractivity contribution is 0.566. The van der Waals surface area contributed by atoms with Crippen LogP contribution in [0.3, 0.4) is 0 Å². The third kappa shape index (κ3) is 2.76. The number of nitrogens with one attached hydrogen (secondary N) is 1. The molecule has 1 aromatic heterocycles. The fraction of sp³-hybridized carbons (Fsp3) is 0.364. The molecule has 0 saturated heterocycles. The maximum absolute atomic E-state index is 11.4. The molecule has 1 atom stereocenters. The monoisotopic (exact) mass is 304 g/mol. The van der Waals surface area contributed by atoms with Gasteiger partial charge in [-0.1, -0.05) is 11.6 Å². The van der Waals surface area contributed by atoms with Crippen LogP contribution in [-0.4, -0.2) is 30.0 Å². The average molecular weight is 305 g/mol. The zero-order valence-electron chi connectivity index (χ0n) is 9.97. The number of sulfone groups is 1. The molecule has 0 saturated carbocycles. The highest BCUT2D eigenvalue weighted by Crippen LogP contribution is 2.23. The number of imidazole rings is 1. The molecule has 0 bridgehead atoms. The van der Waals surface area contributed by atoms with Crippen LogP contribution in [0.2, 0.25) is 5.02 Å². The van der Waals surface area contributed by atoms with Gasteiger partial charge in [-0.3, -0.25) is 0 Å². The van der Waals surface area contributed by atoms with E-state index in [1.165, 1.54) is 6.26 Å². The number of halogens is 1. The van der Waals surface area contributed by atoms with Gasteiger partial charge in [-0.15, -0.1) is 0 Å². The lowest BCUT2D eigenvalue weighted by Crippen LogP contribution is -2.16. The Labute approximate surface area is 115 Å². The van der Waals surface area contributed by atoms with E-state index in [4.69, 9.17) is 23.8 Å². The number of fused-ring (bicyclic) bond motifs is 1. The molecule has 0 aliphatic heterocycles. The fourth-order valence-electron chi connectivity index (χ4n) is 2.04. The number of hydrogen-bond acceptors (Lipinski definition) is 3. The molecule has 0 fully saturated rings. The van der Waals surface area contributed by atoms with E-state index in [-0.39, 0.29) is 11.8 Å². The topological polar surface area (TPSA) is 54.9 Å². The van der Waals surface area contributed by atoms with E-state index in [2.05, 4.69) is 4.98 Å². The SMILES string of the molecule is CC(CS(C)(=O)=O)n1c(=S)[nH]c2ccc(Cl)cc21. The first-order valence-corrected chi connectivity index (χ1v) is 8.20. The minimum Gasteiger partial charge on any atom is -0.331 e. The van der Waals surface area contributed by atoms with Crippen LogP contribution in [0.4, 0.5) is 0 Å². The quantitative estimate of drug-likeness (QED) is 0.887. The van der Waals surface area contributed by atoms with Crippen molar-refractivity contribution in [3.8, 4) is 0 Å². The molecular weight excluding hydrogens is 292 g/mol. The molecule has 98 valence electrons. The van der Waals surface area contributed by atoms with Crippen LogP contribution >= 0.6 is 23.8 Å². The summed E-state index contributed by atoms with van der Waals surface area (Å²) in [6.45, 7) is 1.82. The van der Waals surface area contributed by atoms with E-state index in [1.54, 1.807) is 16.7 Å². The van der Waals surface area contributed by atoms with Crippen LogP contribution in [0.1, 0.15) is 13.0 Å². The first-order valence-electron chi connectivity index (χ1n) is 5.35. The average Bonchev–Trinajstić information content (AvgIpc) is 2.50. The highest BCUT2D eigenvalue weighted by molar-refractivity contribution is 7.90. The Balaban J connectivity index is 2.59. The number of H-pyrrole nitrogens is 1. The summed E-state index contributed by atoms with van der Waals surface area (Å²) < 4.78 is 25.0. The molecule has 18 heavy (non-hydrogen) atoms.